The fraction of sp³-hybridized carbons (Fsp3) is 0.368. The monoisotopic (exact) mass is 481 g/mol. The van der Waals surface area contributed by atoms with E-state index in [1.165, 1.54) is 35.3 Å². The summed E-state index contributed by atoms with van der Waals surface area (Å²) >= 11 is 1.16. The van der Waals surface area contributed by atoms with Gasteiger partial charge in [-0.05, 0) is 30.5 Å². The lowest BCUT2D eigenvalue weighted by Crippen LogP contribution is -2.33. The first-order chi connectivity index (χ1) is 14.8. The number of fused-ring (bicyclic) bond motifs is 1. The molecule has 1 aromatic heterocycles. The van der Waals surface area contributed by atoms with Crippen molar-refractivity contribution in [1.29, 1.82) is 0 Å². The van der Waals surface area contributed by atoms with Crippen LogP contribution in [0.1, 0.15) is 30.1 Å². The Bertz CT molecular complexity index is 1130. The van der Waals surface area contributed by atoms with Crippen molar-refractivity contribution in [1.82, 2.24) is 10.3 Å². The van der Waals surface area contributed by atoms with Gasteiger partial charge in [-0.15, -0.1) is 23.1 Å². The zero-order chi connectivity index (χ0) is 22.1. The number of aromatic nitrogens is 1. The van der Waals surface area contributed by atoms with E-state index in [9.17, 15) is 19.1 Å². The minimum atomic E-state index is -1.77. The first-order valence-corrected chi connectivity index (χ1v) is 12.4. The van der Waals surface area contributed by atoms with Crippen LogP contribution in [0.2, 0.25) is 0 Å². The third kappa shape index (κ3) is 4.97. The summed E-state index contributed by atoms with van der Waals surface area (Å²) in [5.41, 5.74) is 0.849. The summed E-state index contributed by atoms with van der Waals surface area (Å²) in [7, 11) is 0. The number of hydrogen-bond donors (Lipinski definition) is 2. The minimum absolute atomic E-state index is 0.0180. The lowest BCUT2D eigenvalue weighted by atomic mass is 10.0. The van der Waals surface area contributed by atoms with Crippen LogP contribution in [-0.2, 0) is 15.9 Å². The van der Waals surface area contributed by atoms with Gasteiger partial charge in [0.2, 0.25) is 16.8 Å². The second-order valence-electron chi connectivity index (χ2n) is 7.33. The zero-order valence-corrected chi connectivity index (χ0v) is 18.8. The molecule has 2 aliphatic rings. The molecular weight excluding hydrogens is 462 g/mol. The molecule has 9 nitrogen and oxygen atoms in total. The second-order valence-corrected chi connectivity index (χ2v) is 10.7. The van der Waals surface area contributed by atoms with Crippen molar-refractivity contribution in [2.75, 3.05) is 5.75 Å². The van der Waals surface area contributed by atoms with Gasteiger partial charge in [0.05, 0.1) is 20.0 Å². The van der Waals surface area contributed by atoms with Crippen molar-refractivity contribution < 1.29 is 23.2 Å². The summed E-state index contributed by atoms with van der Waals surface area (Å²) in [6.07, 6.45) is 3.68. The van der Waals surface area contributed by atoms with E-state index in [-0.39, 0.29) is 17.0 Å². The van der Waals surface area contributed by atoms with Gasteiger partial charge in [0.25, 0.3) is 0 Å². The van der Waals surface area contributed by atoms with Gasteiger partial charge in [-0.2, -0.15) is 0 Å². The number of nitrogens with zero attached hydrogens (tertiary/aromatic N) is 2. The lowest BCUT2D eigenvalue weighted by Gasteiger charge is -2.10. The summed E-state index contributed by atoms with van der Waals surface area (Å²) in [4.78, 5) is 26.9. The number of benzene rings is 1. The molecule has 1 fully saturated rings. The maximum Gasteiger partial charge on any atom is 0.321 e. The van der Waals surface area contributed by atoms with Crippen LogP contribution in [0.4, 0.5) is 0 Å². The highest BCUT2D eigenvalue weighted by Crippen LogP contribution is 2.38. The summed E-state index contributed by atoms with van der Waals surface area (Å²) in [5, 5.41) is 23.8. The zero-order valence-electron chi connectivity index (χ0n) is 16.3. The largest absolute Gasteiger partial charge is 0.480 e. The maximum absolute atomic E-state index is 12.7. The number of carbonyl (C=O) groups is 1. The maximum atomic E-state index is 12.7. The van der Waals surface area contributed by atoms with Crippen molar-refractivity contribution in [3.8, 4) is 5.75 Å². The molecule has 2 aromatic rings. The second kappa shape index (κ2) is 9.07. The van der Waals surface area contributed by atoms with Crippen LogP contribution in [0.25, 0.3) is 10.2 Å². The van der Waals surface area contributed by atoms with Gasteiger partial charge in [-0.3, -0.25) is 20.2 Å². The molecule has 31 heavy (non-hydrogen) atoms. The van der Waals surface area contributed by atoms with E-state index in [4.69, 9.17) is 9.29 Å². The van der Waals surface area contributed by atoms with Gasteiger partial charge in [0.15, 0.2) is 0 Å². The molecule has 0 saturated carbocycles. The Labute approximate surface area is 188 Å². The number of nitro groups is 1. The normalized spacial score (nSPS) is 24.9. The van der Waals surface area contributed by atoms with E-state index in [1.54, 1.807) is 18.2 Å². The fourth-order valence-corrected chi connectivity index (χ4v) is 6.69. The fourth-order valence-electron chi connectivity index (χ4n) is 3.34. The number of rotatable bonds is 6. The number of thiazole rings is 1. The smallest absolute Gasteiger partial charge is 0.321 e. The van der Waals surface area contributed by atoms with Crippen molar-refractivity contribution in [2.24, 2.45) is 5.92 Å². The van der Waals surface area contributed by atoms with E-state index >= 15 is 0 Å². The molecule has 1 aliphatic heterocycles. The summed E-state index contributed by atoms with van der Waals surface area (Å²) in [6, 6.07) is 4.61. The first-order valence-electron chi connectivity index (χ1n) is 9.45. The standard InChI is InChI=1S/C19H19N3O6S3/c1-10-6-11(22(25)26)2-4-13(7-10)31(27)28-12-3-5-14-16(8-12)30-18(20-14)17-21-15(9-29-17)19(23)24/h2-5,8,10,15,17,21H,6-7,9H2,1H3,(H,23,24). The topological polar surface area (TPSA) is 132 Å². The molecule has 2 N–H and O–H groups in total. The third-order valence-electron chi connectivity index (χ3n) is 4.87. The molecule has 0 amide bonds. The van der Waals surface area contributed by atoms with Gasteiger partial charge in [-0.25, -0.2) is 9.19 Å². The molecule has 164 valence electrons. The highest BCUT2D eigenvalue weighted by molar-refractivity contribution is 7.99. The number of carboxylic acid groups (broad SMARTS) is 1. The van der Waals surface area contributed by atoms with Gasteiger partial charge in [0.1, 0.15) is 22.2 Å². The van der Waals surface area contributed by atoms with Crippen LogP contribution in [0.15, 0.2) is 41.0 Å². The summed E-state index contributed by atoms with van der Waals surface area (Å²) in [5.74, 6) is -0.0106. The summed E-state index contributed by atoms with van der Waals surface area (Å²) < 4.78 is 19.2. The minimum Gasteiger partial charge on any atom is -0.480 e. The third-order valence-corrected chi connectivity index (χ3v) is 8.40. The highest BCUT2D eigenvalue weighted by atomic mass is 32.2. The Morgan fingerprint density at radius 1 is 1.39 bits per heavy atom. The molecule has 0 bridgehead atoms. The Kier molecular flexibility index (Phi) is 6.42. The molecular formula is C19H19N3O6S3. The van der Waals surface area contributed by atoms with E-state index in [0.29, 0.717) is 29.2 Å². The molecule has 0 radical (unpaired) electrons. The van der Waals surface area contributed by atoms with E-state index < -0.39 is 28.0 Å². The molecule has 1 saturated heterocycles. The highest BCUT2D eigenvalue weighted by Gasteiger charge is 2.32. The molecule has 0 spiro atoms. The van der Waals surface area contributed by atoms with Crippen LogP contribution in [-0.4, -0.2) is 37.0 Å². The molecule has 4 unspecified atom stereocenters. The first kappa shape index (κ1) is 21.9. The van der Waals surface area contributed by atoms with Crippen molar-refractivity contribution >= 4 is 50.4 Å². The molecule has 1 aromatic carbocycles. The van der Waals surface area contributed by atoms with Gasteiger partial charge in [0, 0.05) is 24.3 Å². The molecule has 12 heteroatoms. The Morgan fingerprint density at radius 2 is 2.19 bits per heavy atom. The Morgan fingerprint density at radius 3 is 2.90 bits per heavy atom. The van der Waals surface area contributed by atoms with Crippen LogP contribution in [0.3, 0.4) is 0 Å². The van der Waals surface area contributed by atoms with Crippen LogP contribution in [0, 0.1) is 16.0 Å². The van der Waals surface area contributed by atoms with Gasteiger partial charge < -0.3 is 9.29 Å². The SMILES string of the molecule is CC1CC([N+](=O)[O-])=CC=C(S(=O)Oc2ccc3nc(C4NC(C(=O)O)CS4)sc3c2)C1. The molecule has 1 aliphatic carbocycles. The van der Waals surface area contributed by atoms with Crippen molar-refractivity contribution in [3.05, 3.63) is 56.1 Å². The number of carboxylic acids is 1. The van der Waals surface area contributed by atoms with Crippen LogP contribution >= 0.6 is 23.1 Å². The average Bonchev–Trinajstić information content (AvgIpc) is 3.31. The number of hydrogen-bond acceptors (Lipinski definition) is 9. The molecule has 4 atom stereocenters. The molecule has 4 rings (SSSR count). The van der Waals surface area contributed by atoms with Crippen molar-refractivity contribution in [3.63, 3.8) is 0 Å². The van der Waals surface area contributed by atoms with Crippen LogP contribution in [0.5, 0.6) is 5.75 Å². The summed E-state index contributed by atoms with van der Waals surface area (Å²) in [6.45, 7) is 1.88. The quantitative estimate of drug-likeness (QED) is 0.469. The number of thioether (sulfide) groups is 1. The predicted octanol–water partition coefficient (Wildman–Crippen LogP) is 3.60. The lowest BCUT2D eigenvalue weighted by molar-refractivity contribution is -0.428. The number of allylic oxidation sites excluding steroid dienone is 4. The predicted molar refractivity (Wildman–Crippen MR) is 120 cm³/mol. The molecule has 2 heterocycles. The Balaban J connectivity index is 1.49. The Hall–Kier alpha value is -2.28. The number of aliphatic carboxylic acids is 1. The number of nitrogens with one attached hydrogen (secondary N) is 1. The van der Waals surface area contributed by atoms with Gasteiger partial charge in [-0.1, -0.05) is 6.92 Å². The average molecular weight is 482 g/mol. The van der Waals surface area contributed by atoms with E-state index in [2.05, 4.69) is 10.3 Å². The van der Waals surface area contributed by atoms with Crippen LogP contribution < -0.4 is 9.50 Å². The van der Waals surface area contributed by atoms with Gasteiger partial charge >= 0.3 is 5.97 Å². The van der Waals surface area contributed by atoms with Crippen molar-refractivity contribution in [2.45, 2.75) is 31.2 Å². The van der Waals surface area contributed by atoms with E-state index in [0.717, 1.165) is 15.2 Å². The van der Waals surface area contributed by atoms with E-state index in [1.807, 2.05) is 6.92 Å².